The molecule has 2 aliphatic carbocycles. The number of carbonyl (C=O) groups excluding carboxylic acids is 1. The Morgan fingerprint density at radius 1 is 1.36 bits per heavy atom. The molecule has 0 bridgehead atoms. The fourth-order valence-electron chi connectivity index (χ4n) is 4.38. The van der Waals surface area contributed by atoms with Crippen LogP contribution < -0.4 is 5.32 Å². The van der Waals surface area contributed by atoms with Crippen LogP contribution in [0.4, 0.5) is 0 Å². The Hall–Kier alpha value is -2.24. The largest absolute Gasteiger partial charge is 0.348 e. The van der Waals surface area contributed by atoms with Gasteiger partial charge in [0.15, 0.2) is 5.69 Å². The predicted octanol–water partition coefficient (Wildman–Crippen LogP) is 2.59. The molecule has 0 aliphatic heterocycles. The maximum Gasteiger partial charge on any atom is 0.272 e. The molecule has 6 heteroatoms. The van der Waals surface area contributed by atoms with E-state index in [0.717, 1.165) is 54.0 Å². The molecule has 0 radical (unpaired) electrons. The van der Waals surface area contributed by atoms with Crippen LogP contribution in [0.3, 0.4) is 0 Å². The molecule has 2 heterocycles. The smallest absolute Gasteiger partial charge is 0.272 e. The van der Waals surface area contributed by atoms with Crippen molar-refractivity contribution in [3.8, 4) is 11.4 Å². The summed E-state index contributed by atoms with van der Waals surface area (Å²) in [6.45, 7) is 4.10. The standard InChI is InChI=1S/C19H25N5O/c1-4-12-6-5-7-15(12)22-19(25)17-14-9-8-13-10-20-11(2)21-16(13)18(14)24(3)23-17/h10,12,15H,4-9H2,1-3H3,(H,22,25)/t12-,15?/m0/s1. The van der Waals surface area contributed by atoms with Gasteiger partial charge in [0.2, 0.25) is 0 Å². The Morgan fingerprint density at radius 2 is 2.20 bits per heavy atom. The van der Waals surface area contributed by atoms with E-state index >= 15 is 0 Å². The fraction of sp³-hybridized carbons (Fsp3) is 0.579. The van der Waals surface area contributed by atoms with E-state index in [2.05, 4.69) is 27.3 Å². The molecule has 0 aromatic carbocycles. The lowest BCUT2D eigenvalue weighted by Gasteiger charge is -2.20. The molecule has 1 amide bonds. The molecule has 1 fully saturated rings. The average Bonchev–Trinajstić information content (AvgIpc) is 3.18. The summed E-state index contributed by atoms with van der Waals surface area (Å²) in [5.74, 6) is 1.31. The number of nitrogens with zero attached hydrogens (tertiary/aromatic N) is 4. The second kappa shape index (κ2) is 6.24. The van der Waals surface area contributed by atoms with Gasteiger partial charge >= 0.3 is 0 Å². The van der Waals surface area contributed by atoms with Gasteiger partial charge < -0.3 is 5.32 Å². The van der Waals surface area contributed by atoms with Crippen molar-refractivity contribution < 1.29 is 4.79 Å². The summed E-state index contributed by atoms with van der Waals surface area (Å²) < 4.78 is 1.81. The number of fused-ring (bicyclic) bond motifs is 3. The van der Waals surface area contributed by atoms with E-state index in [1.807, 2.05) is 20.2 Å². The van der Waals surface area contributed by atoms with Gasteiger partial charge in [-0.05, 0) is 44.1 Å². The third-order valence-electron chi connectivity index (χ3n) is 5.71. The van der Waals surface area contributed by atoms with Crippen molar-refractivity contribution in [2.75, 3.05) is 0 Å². The summed E-state index contributed by atoms with van der Waals surface area (Å²) in [5.41, 5.74) is 4.62. The summed E-state index contributed by atoms with van der Waals surface area (Å²) in [6, 6.07) is 0.288. The molecular weight excluding hydrogens is 314 g/mol. The minimum atomic E-state index is -0.0311. The van der Waals surface area contributed by atoms with Crippen LogP contribution in [0.2, 0.25) is 0 Å². The van der Waals surface area contributed by atoms with Gasteiger partial charge in [0.05, 0.1) is 11.4 Å². The molecule has 6 nitrogen and oxygen atoms in total. The van der Waals surface area contributed by atoms with E-state index in [4.69, 9.17) is 0 Å². The first-order valence-electron chi connectivity index (χ1n) is 9.28. The van der Waals surface area contributed by atoms with Gasteiger partial charge in [-0.1, -0.05) is 19.8 Å². The highest BCUT2D eigenvalue weighted by Gasteiger charge is 2.32. The molecule has 2 aromatic heterocycles. The SMILES string of the molecule is CC[C@H]1CCCC1NC(=O)c1nn(C)c2c1CCc1cnc(C)nc1-2. The highest BCUT2D eigenvalue weighted by Crippen LogP contribution is 2.34. The maximum absolute atomic E-state index is 12.9. The van der Waals surface area contributed by atoms with Crippen LogP contribution in [0, 0.1) is 12.8 Å². The number of amides is 1. The molecule has 0 spiro atoms. The lowest BCUT2D eigenvalue weighted by molar-refractivity contribution is 0.0920. The van der Waals surface area contributed by atoms with E-state index < -0.39 is 0 Å². The monoisotopic (exact) mass is 339 g/mol. The first kappa shape index (κ1) is 16.2. The number of carbonyl (C=O) groups is 1. The third-order valence-corrected chi connectivity index (χ3v) is 5.71. The van der Waals surface area contributed by atoms with E-state index in [1.165, 1.54) is 12.8 Å². The van der Waals surface area contributed by atoms with E-state index in [1.54, 1.807) is 4.68 Å². The molecular formula is C19H25N5O. The number of hydrogen-bond donors (Lipinski definition) is 1. The van der Waals surface area contributed by atoms with Crippen molar-refractivity contribution in [1.29, 1.82) is 0 Å². The molecule has 2 atom stereocenters. The Labute approximate surface area is 148 Å². The molecule has 2 aromatic rings. The second-order valence-electron chi connectivity index (χ2n) is 7.27. The lowest BCUT2D eigenvalue weighted by Crippen LogP contribution is -2.37. The molecule has 1 saturated carbocycles. The summed E-state index contributed by atoms with van der Waals surface area (Å²) in [7, 11) is 1.90. The van der Waals surface area contributed by atoms with Crippen LogP contribution in [-0.4, -0.2) is 31.7 Å². The zero-order valence-electron chi connectivity index (χ0n) is 15.2. The second-order valence-corrected chi connectivity index (χ2v) is 7.27. The lowest BCUT2D eigenvalue weighted by atomic mass is 9.93. The van der Waals surface area contributed by atoms with E-state index in [-0.39, 0.29) is 11.9 Å². The van der Waals surface area contributed by atoms with Crippen LogP contribution in [0.1, 0.15) is 60.0 Å². The maximum atomic E-state index is 12.9. The van der Waals surface area contributed by atoms with E-state index in [9.17, 15) is 4.79 Å². The van der Waals surface area contributed by atoms with Crippen molar-refractivity contribution in [2.45, 2.75) is 58.4 Å². The summed E-state index contributed by atoms with van der Waals surface area (Å²) >= 11 is 0. The molecule has 1 unspecified atom stereocenters. The van der Waals surface area contributed by atoms with Gasteiger partial charge in [0, 0.05) is 24.8 Å². The Kier molecular flexibility index (Phi) is 4.06. The molecule has 25 heavy (non-hydrogen) atoms. The van der Waals surface area contributed by atoms with E-state index in [0.29, 0.717) is 11.6 Å². The third kappa shape index (κ3) is 2.73. The average molecular weight is 339 g/mol. The van der Waals surface area contributed by atoms with Crippen molar-refractivity contribution in [3.05, 3.63) is 28.8 Å². The highest BCUT2D eigenvalue weighted by atomic mass is 16.2. The van der Waals surface area contributed by atoms with Gasteiger partial charge in [0.1, 0.15) is 5.82 Å². The number of aromatic nitrogens is 4. The number of rotatable bonds is 3. The molecule has 1 N–H and O–H groups in total. The minimum absolute atomic E-state index is 0.0311. The summed E-state index contributed by atoms with van der Waals surface area (Å²) in [6.07, 6.45) is 8.18. The zero-order valence-corrected chi connectivity index (χ0v) is 15.2. The Bertz CT molecular complexity index is 825. The van der Waals surface area contributed by atoms with Crippen LogP contribution in [-0.2, 0) is 19.9 Å². The number of hydrogen-bond acceptors (Lipinski definition) is 4. The van der Waals surface area contributed by atoms with Gasteiger partial charge in [-0.15, -0.1) is 0 Å². The number of aryl methyl sites for hydroxylation is 3. The number of nitrogens with one attached hydrogen (secondary N) is 1. The van der Waals surface area contributed by atoms with Gasteiger partial charge in [0.25, 0.3) is 5.91 Å². The topological polar surface area (TPSA) is 72.7 Å². The van der Waals surface area contributed by atoms with Crippen LogP contribution in [0.5, 0.6) is 0 Å². The predicted molar refractivity (Wildman–Crippen MR) is 95.3 cm³/mol. The van der Waals surface area contributed by atoms with Crippen molar-refractivity contribution >= 4 is 5.91 Å². The van der Waals surface area contributed by atoms with Crippen LogP contribution >= 0.6 is 0 Å². The Balaban J connectivity index is 1.67. The van der Waals surface area contributed by atoms with Crippen LogP contribution in [0.25, 0.3) is 11.4 Å². The van der Waals surface area contributed by atoms with Crippen molar-refractivity contribution in [2.24, 2.45) is 13.0 Å². The Morgan fingerprint density at radius 3 is 3.00 bits per heavy atom. The molecule has 2 aliphatic rings. The molecule has 0 saturated heterocycles. The molecule has 132 valence electrons. The fourth-order valence-corrected chi connectivity index (χ4v) is 4.38. The zero-order chi connectivity index (χ0) is 17.6. The van der Waals surface area contributed by atoms with Crippen molar-refractivity contribution in [1.82, 2.24) is 25.1 Å². The van der Waals surface area contributed by atoms with Crippen LogP contribution in [0.15, 0.2) is 6.20 Å². The summed E-state index contributed by atoms with van der Waals surface area (Å²) in [4.78, 5) is 21.8. The van der Waals surface area contributed by atoms with Gasteiger partial charge in [-0.2, -0.15) is 5.10 Å². The first-order chi connectivity index (χ1) is 12.1. The quantitative estimate of drug-likeness (QED) is 0.933. The van der Waals surface area contributed by atoms with Gasteiger partial charge in [-0.25, -0.2) is 9.97 Å². The molecule has 4 rings (SSSR count). The first-order valence-corrected chi connectivity index (χ1v) is 9.28. The van der Waals surface area contributed by atoms with Gasteiger partial charge in [-0.3, -0.25) is 9.48 Å². The normalized spacial score (nSPS) is 21.7. The summed E-state index contributed by atoms with van der Waals surface area (Å²) in [5, 5.41) is 7.81. The minimum Gasteiger partial charge on any atom is -0.348 e. The highest BCUT2D eigenvalue weighted by molar-refractivity contribution is 5.96. The van der Waals surface area contributed by atoms with Crippen molar-refractivity contribution in [3.63, 3.8) is 0 Å².